The third-order valence-electron chi connectivity index (χ3n) is 2.36. The summed E-state index contributed by atoms with van der Waals surface area (Å²) in [6.45, 7) is 1.47. The van der Waals surface area contributed by atoms with Gasteiger partial charge in [-0.05, 0) is 13.0 Å². The fourth-order valence-electron chi connectivity index (χ4n) is 1.54. The summed E-state index contributed by atoms with van der Waals surface area (Å²) in [5.41, 5.74) is -0.0899. The Morgan fingerprint density at radius 1 is 1.41 bits per heavy atom. The number of ether oxygens (including phenoxy) is 1. The van der Waals surface area contributed by atoms with Gasteiger partial charge in [0.05, 0.1) is 16.9 Å². The number of nitro benzene ring substituents is 1. The van der Waals surface area contributed by atoms with Gasteiger partial charge in [0.1, 0.15) is 0 Å². The molecule has 0 aliphatic rings. The van der Waals surface area contributed by atoms with Crippen molar-refractivity contribution in [1.29, 1.82) is 0 Å². The number of nitrogens with zero attached hydrogens (tertiary/aromatic N) is 1. The second-order valence-corrected chi connectivity index (χ2v) is 4.57. The average molecular weight is 251 g/mol. The summed E-state index contributed by atoms with van der Waals surface area (Å²) >= 11 is 1.30. The first-order chi connectivity index (χ1) is 8.02. The number of carbonyl (C=O) groups excluding carboxylic acids is 1. The van der Waals surface area contributed by atoms with Crippen LogP contribution in [0.5, 0.6) is 5.75 Å². The molecule has 0 unspecified atom stereocenters. The maximum absolute atomic E-state index is 11.2. The number of carbonyl (C=O) groups is 1. The van der Waals surface area contributed by atoms with E-state index in [0.29, 0.717) is 10.3 Å². The second-order valence-electron chi connectivity index (χ2n) is 3.49. The van der Waals surface area contributed by atoms with Gasteiger partial charge >= 0.3 is 5.69 Å². The molecule has 1 aromatic carbocycles. The lowest BCUT2D eigenvalue weighted by Gasteiger charge is -2.00. The molecule has 0 saturated heterocycles. The van der Waals surface area contributed by atoms with Crippen molar-refractivity contribution >= 4 is 32.9 Å². The first kappa shape index (κ1) is 11.5. The number of Topliss-reactive ketones (excluding diaryl/α,β-unsaturated/α-hetero) is 1. The van der Waals surface area contributed by atoms with E-state index in [9.17, 15) is 14.9 Å². The lowest BCUT2D eigenvalue weighted by Crippen LogP contribution is -1.92. The minimum atomic E-state index is -0.497. The van der Waals surface area contributed by atoms with Gasteiger partial charge in [-0.1, -0.05) is 0 Å². The molecule has 0 spiro atoms. The molecule has 88 valence electrons. The zero-order valence-electron chi connectivity index (χ0n) is 9.22. The van der Waals surface area contributed by atoms with E-state index < -0.39 is 4.92 Å². The minimum Gasteiger partial charge on any atom is -0.490 e. The smallest absolute Gasteiger partial charge is 0.311 e. The first-order valence-corrected chi connectivity index (χ1v) is 5.61. The summed E-state index contributed by atoms with van der Waals surface area (Å²) in [6, 6.07) is 4.68. The zero-order chi connectivity index (χ0) is 12.6. The summed E-state index contributed by atoms with van der Waals surface area (Å²) in [5, 5.41) is 11.5. The Bertz CT molecular complexity index is 617. The van der Waals surface area contributed by atoms with Gasteiger partial charge in [-0.2, -0.15) is 0 Å². The molecule has 2 aromatic rings. The third-order valence-corrected chi connectivity index (χ3v) is 3.56. The van der Waals surface area contributed by atoms with Crippen molar-refractivity contribution in [3.63, 3.8) is 0 Å². The fourth-order valence-corrected chi connectivity index (χ4v) is 2.50. The van der Waals surface area contributed by atoms with E-state index in [2.05, 4.69) is 0 Å². The molecule has 2 rings (SSSR count). The van der Waals surface area contributed by atoms with E-state index in [1.54, 1.807) is 12.1 Å². The number of hydrogen-bond acceptors (Lipinski definition) is 5. The molecule has 0 radical (unpaired) electrons. The molecule has 0 fully saturated rings. The molecule has 0 aliphatic heterocycles. The van der Waals surface area contributed by atoms with Gasteiger partial charge in [-0.25, -0.2) is 0 Å². The maximum atomic E-state index is 11.2. The number of fused-ring (bicyclic) bond motifs is 1. The van der Waals surface area contributed by atoms with Crippen molar-refractivity contribution in [2.75, 3.05) is 7.11 Å². The summed E-state index contributed by atoms with van der Waals surface area (Å²) in [4.78, 5) is 22.1. The number of hydrogen-bond donors (Lipinski definition) is 0. The van der Waals surface area contributed by atoms with E-state index in [1.165, 1.54) is 31.4 Å². The summed E-state index contributed by atoms with van der Waals surface area (Å²) < 4.78 is 5.77. The highest BCUT2D eigenvalue weighted by molar-refractivity contribution is 7.20. The van der Waals surface area contributed by atoms with Crippen molar-refractivity contribution < 1.29 is 14.5 Å². The molecule has 0 atom stereocenters. The van der Waals surface area contributed by atoms with Crippen LogP contribution in [0.3, 0.4) is 0 Å². The molecule has 1 heterocycles. The van der Waals surface area contributed by atoms with Crippen LogP contribution in [0.1, 0.15) is 16.6 Å². The molecular weight excluding hydrogens is 242 g/mol. The maximum Gasteiger partial charge on any atom is 0.311 e. The minimum absolute atomic E-state index is 0.0483. The van der Waals surface area contributed by atoms with Crippen LogP contribution in [-0.2, 0) is 0 Å². The quantitative estimate of drug-likeness (QED) is 0.477. The fraction of sp³-hybridized carbons (Fsp3) is 0.182. The summed E-state index contributed by atoms with van der Waals surface area (Å²) in [6.07, 6.45) is 0. The Morgan fingerprint density at radius 3 is 2.65 bits per heavy atom. The molecule has 17 heavy (non-hydrogen) atoms. The van der Waals surface area contributed by atoms with Crippen molar-refractivity contribution in [3.8, 4) is 5.75 Å². The van der Waals surface area contributed by atoms with Crippen molar-refractivity contribution in [3.05, 3.63) is 33.2 Å². The van der Waals surface area contributed by atoms with Crippen LogP contribution in [0.15, 0.2) is 18.2 Å². The standard InChI is InChI=1S/C11H9NO4S/c1-6(13)10-4-7-3-8(12(14)15)9(16-2)5-11(7)17-10/h3-5H,1-2H3. The Balaban J connectivity index is 2.70. The summed E-state index contributed by atoms with van der Waals surface area (Å²) in [7, 11) is 1.38. The monoisotopic (exact) mass is 251 g/mol. The largest absolute Gasteiger partial charge is 0.490 e. The molecular formula is C11H9NO4S. The lowest BCUT2D eigenvalue weighted by atomic mass is 10.2. The van der Waals surface area contributed by atoms with Crippen LogP contribution in [-0.4, -0.2) is 17.8 Å². The molecule has 0 N–H and O–H groups in total. The van der Waals surface area contributed by atoms with E-state index in [-0.39, 0.29) is 17.2 Å². The van der Waals surface area contributed by atoms with Gasteiger partial charge in [-0.3, -0.25) is 14.9 Å². The number of benzene rings is 1. The van der Waals surface area contributed by atoms with Gasteiger partial charge in [-0.15, -0.1) is 11.3 Å². The molecule has 0 saturated carbocycles. The second kappa shape index (κ2) is 4.14. The van der Waals surface area contributed by atoms with E-state index >= 15 is 0 Å². The predicted molar refractivity (Wildman–Crippen MR) is 65.0 cm³/mol. The Morgan fingerprint density at radius 2 is 2.12 bits per heavy atom. The van der Waals surface area contributed by atoms with Crippen LogP contribution >= 0.6 is 11.3 Å². The number of rotatable bonds is 3. The highest BCUT2D eigenvalue weighted by Crippen LogP contribution is 2.36. The Hall–Kier alpha value is -1.95. The number of thiophene rings is 1. The zero-order valence-corrected chi connectivity index (χ0v) is 10.0. The van der Waals surface area contributed by atoms with E-state index in [1.807, 2.05) is 0 Å². The van der Waals surface area contributed by atoms with Crippen LogP contribution in [0, 0.1) is 10.1 Å². The van der Waals surface area contributed by atoms with Crippen molar-refractivity contribution in [2.45, 2.75) is 6.92 Å². The molecule has 0 bridgehead atoms. The van der Waals surface area contributed by atoms with E-state index in [4.69, 9.17) is 4.74 Å². The Labute approximate surface area is 101 Å². The molecule has 0 aliphatic carbocycles. The van der Waals surface area contributed by atoms with Crippen molar-refractivity contribution in [1.82, 2.24) is 0 Å². The Kier molecular flexibility index (Phi) is 2.81. The normalized spacial score (nSPS) is 10.5. The van der Waals surface area contributed by atoms with Crippen LogP contribution in [0.25, 0.3) is 10.1 Å². The van der Waals surface area contributed by atoms with E-state index in [0.717, 1.165) is 4.70 Å². The van der Waals surface area contributed by atoms with Gasteiger partial charge in [0.2, 0.25) is 0 Å². The lowest BCUT2D eigenvalue weighted by molar-refractivity contribution is -0.385. The van der Waals surface area contributed by atoms with Crippen LogP contribution in [0.4, 0.5) is 5.69 Å². The van der Waals surface area contributed by atoms with Gasteiger partial charge in [0.15, 0.2) is 11.5 Å². The predicted octanol–water partition coefficient (Wildman–Crippen LogP) is 3.02. The molecule has 0 amide bonds. The SMILES string of the molecule is COc1cc2sc(C(C)=O)cc2cc1[N+](=O)[O-]. The topological polar surface area (TPSA) is 69.4 Å². The van der Waals surface area contributed by atoms with Gasteiger partial charge in [0.25, 0.3) is 0 Å². The van der Waals surface area contributed by atoms with Gasteiger partial charge in [0, 0.05) is 22.2 Å². The average Bonchev–Trinajstić information content (AvgIpc) is 2.69. The van der Waals surface area contributed by atoms with Crippen LogP contribution in [0.2, 0.25) is 0 Å². The van der Waals surface area contributed by atoms with Crippen LogP contribution < -0.4 is 4.74 Å². The van der Waals surface area contributed by atoms with Gasteiger partial charge < -0.3 is 4.74 Å². The third kappa shape index (κ3) is 1.99. The molecule has 6 heteroatoms. The summed E-state index contributed by atoms with van der Waals surface area (Å²) in [5.74, 6) is 0.160. The number of nitro groups is 1. The molecule has 5 nitrogen and oxygen atoms in total. The number of methoxy groups -OCH3 is 1. The van der Waals surface area contributed by atoms with Crippen molar-refractivity contribution in [2.24, 2.45) is 0 Å². The highest BCUT2D eigenvalue weighted by atomic mass is 32.1. The first-order valence-electron chi connectivity index (χ1n) is 4.80. The molecule has 1 aromatic heterocycles. The highest BCUT2D eigenvalue weighted by Gasteiger charge is 2.17. The number of ketones is 1.